The second-order valence-electron chi connectivity index (χ2n) is 5.64. The van der Waals surface area contributed by atoms with Gasteiger partial charge in [-0.3, -0.25) is 0 Å². The number of hydrogen-bond donors (Lipinski definition) is 2. The summed E-state index contributed by atoms with van der Waals surface area (Å²) in [6.07, 6.45) is 2.77. The van der Waals surface area contributed by atoms with Crippen LogP contribution in [0.1, 0.15) is 18.4 Å². The lowest BCUT2D eigenvalue weighted by molar-refractivity contribution is 0.748. The lowest BCUT2D eigenvalue weighted by Gasteiger charge is -2.08. The molecule has 1 aromatic heterocycles. The van der Waals surface area contributed by atoms with Crippen LogP contribution < -0.4 is 5.73 Å². The molecule has 0 atom stereocenters. The second kappa shape index (κ2) is 7.55. The highest BCUT2D eigenvalue weighted by Crippen LogP contribution is 2.40. The highest BCUT2D eigenvalue weighted by Gasteiger charge is 2.18. The predicted octanol–water partition coefficient (Wildman–Crippen LogP) is 6.73. The van der Waals surface area contributed by atoms with Crippen LogP contribution in [0.15, 0.2) is 30.3 Å². The van der Waals surface area contributed by atoms with Gasteiger partial charge in [0.15, 0.2) is 0 Å². The first-order valence-corrected chi connectivity index (χ1v) is 9.18. The zero-order chi connectivity index (χ0) is 17.3. The van der Waals surface area contributed by atoms with Gasteiger partial charge in [-0.05, 0) is 49.6 Å². The first-order valence-electron chi connectivity index (χ1n) is 7.67. The highest BCUT2D eigenvalue weighted by molar-refractivity contribution is 6.44. The summed E-state index contributed by atoms with van der Waals surface area (Å²) in [4.78, 5) is 3.41. The molecule has 3 N–H and O–H groups in total. The largest absolute Gasteiger partial charge is 0.353 e. The molecule has 0 amide bonds. The second-order valence-corrected chi connectivity index (χ2v) is 7.26. The van der Waals surface area contributed by atoms with Crippen LogP contribution in [-0.2, 0) is 6.42 Å². The Labute approximate surface area is 160 Å². The zero-order valence-corrected chi connectivity index (χ0v) is 15.8. The number of benzene rings is 2. The van der Waals surface area contributed by atoms with Gasteiger partial charge >= 0.3 is 0 Å². The van der Waals surface area contributed by atoms with E-state index in [1.807, 2.05) is 18.2 Å². The van der Waals surface area contributed by atoms with Crippen LogP contribution in [0.4, 0.5) is 0 Å². The lowest BCUT2D eigenvalue weighted by atomic mass is 10.00. The third kappa shape index (κ3) is 3.40. The summed E-state index contributed by atoms with van der Waals surface area (Å²) >= 11 is 25.2. The molecule has 0 aliphatic rings. The molecule has 0 unspecified atom stereocenters. The first kappa shape index (κ1) is 17.9. The summed E-state index contributed by atoms with van der Waals surface area (Å²) in [5.41, 5.74) is 9.41. The van der Waals surface area contributed by atoms with E-state index in [0.717, 1.165) is 47.0 Å². The van der Waals surface area contributed by atoms with E-state index < -0.39 is 0 Å². The number of halogens is 4. The average Bonchev–Trinajstić information content (AvgIpc) is 2.89. The van der Waals surface area contributed by atoms with E-state index in [1.165, 1.54) is 0 Å². The predicted molar refractivity (Wildman–Crippen MR) is 106 cm³/mol. The molecule has 3 aromatic rings. The lowest BCUT2D eigenvalue weighted by Crippen LogP contribution is -1.99. The monoisotopic (exact) mass is 400 g/mol. The van der Waals surface area contributed by atoms with Gasteiger partial charge < -0.3 is 10.7 Å². The Bertz CT molecular complexity index is 886. The van der Waals surface area contributed by atoms with Gasteiger partial charge in [0.2, 0.25) is 0 Å². The molecule has 2 nitrogen and oxygen atoms in total. The van der Waals surface area contributed by atoms with Crippen LogP contribution >= 0.6 is 46.4 Å². The molecule has 0 aliphatic heterocycles. The van der Waals surface area contributed by atoms with E-state index in [0.29, 0.717) is 26.6 Å². The van der Waals surface area contributed by atoms with Gasteiger partial charge in [0.1, 0.15) is 0 Å². The number of nitrogens with one attached hydrogen (secondary N) is 1. The highest BCUT2D eigenvalue weighted by atomic mass is 35.5. The minimum Gasteiger partial charge on any atom is -0.353 e. The number of rotatable bonds is 5. The van der Waals surface area contributed by atoms with Crippen molar-refractivity contribution in [3.63, 3.8) is 0 Å². The number of aromatic nitrogens is 1. The Balaban J connectivity index is 2.24. The van der Waals surface area contributed by atoms with Crippen molar-refractivity contribution in [2.24, 2.45) is 5.73 Å². The first-order chi connectivity index (χ1) is 11.5. The Morgan fingerprint density at radius 3 is 2.50 bits per heavy atom. The van der Waals surface area contributed by atoms with Gasteiger partial charge in [0.25, 0.3) is 0 Å². The third-order valence-corrected chi connectivity index (χ3v) is 5.37. The van der Waals surface area contributed by atoms with Crippen molar-refractivity contribution in [3.05, 3.63) is 56.0 Å². The average molecular weight is 402 g/mol. The summed E-state index contributed by atoms with van der Waals surface area (Å²) in [6.45, 7) is 0.664. The molecule has 1 heterocycles. The molecule has 0 saturated carbocycles. The molecule has 0 fully saturated rings. The molecular formula is C18H16Cl4N2. The van der Waals surface area contributed by atoms with Crippen LogP contribution in [-0.4, -0.2) is 11.5 Å². The van der Waals surface area contributed by atoms with E-state index >= 15 is 0 Å². The van der Waals surface area contributed by atoms with E-state index in [-0.39, 0.29) is 0 Å². The molecule has 6 heteroatoms. The van der Waals surface area contributed by atoms with Gasteiger partial charge in [-0.25, -0.2) is 0 Å². The molecule has 3 rings (SSSR count). The van der Waals surface area contributed by atoms with Crippen molar-refractivity contribution in [2.45, 2.75) is 19.3 Å². The number of aromatic amines is 1. The number of hydrogen-bond acceptors (Lipinski definition) is 1. The Hall–Kier alpha value is -0.900. The van der Waals surface area contributed by atoms with E-state index in [4.69, 9.17) is 52.1 Å². The van der Waals surface area contributed by atoms with Gasteiger partial charge in [-0.15, -0.1) is 0 Å². The Morgan fingerprint density at radius 1 is 0.958 bits per heavy atom. The molecular weight excluding hydrogens is 386 g/mol. The Kier molecular flexibility index (Phi) is 5.63. The van der Waals surface area contributed by atoms with Crippen molar-refractivity contribution in [2.75, 3.05) is 6.54 Å². The van der Waals surface area contributed by atoms with Gasteiger partial charge in [0, 0.05) is 16.0 Å². The van der Waals surface area contributed by atoms with Crippen LogP contribution in [0.2, 0.25) is 20.1 Å². The smallest absolute Gasteiger partial charge is 0.0685 e. The maximum atomic E-state index is 6.43. The normalized spacial score (nSPS) is 11.4. The molecule has 24 heavy (non-hydrogen) atoms. The molecule has 2 aromatic carbocycles. The van der Waals surface area contributed by atoms with Gasteiger partial charge in [-0.2, -0.15) is 0 Å². The summed E-state index contributed by atoms with van der Waals surface area (Å²) < 4.78 is 0. The topological polar surface area (TPSA) is 41.8 Å². The van der Waals surface area contributed by atoms with E-state index in [2.05, 4.69) is 4.98 Å². The number of nitrogens with two attached hydrogens (primary N) is 1. The standard InChI is InChI=1S/C18H16Cl4N2/c19-10-8-13-11(4-1-2-7-23)17(24-18(13)15(21)9-10)12-5-3-6-14(20)16(12)22/h3,5-6,8-9,24H,1-2,4,7,23H2. The SMILES string of the molecule is NCCCCc1c(-c2cccc(Cl)c2Cl)[nH]c2c(Cl)cc(Cl)cc12. The minimum absolute atomic E-state index is 0.518. The van der Waals surface area contributed by atoms with Gasteiger partial charge in [-0.1, -0.05) is 58.5 Å². The summed E-state index contributed by atoms with van der Waals surface area (Å²) in [7, 11) is 0. The maximum Gasteiger partial charge on any atom is 0.0685 e. The van der Waals surface area contributed by atoms with Crippen LogP contribution in [0.3, 0.4) is 0 Å². The number of aryl methyl sites for hydroxylation is 1. The quantitative estimate of drug-likeness (QED) is 0.457. The van der Waals surface area contributed by atoms with E-state index in [9.17, 15) is 0 Å². The molecule has 0 saturated heterocycles. The van der Waals surface area contributed by atoms with Crippen molar-refractivity contribution in [1.29, 1.82) is 0 Å². The molecule has 0 aliphatic carbocycles. The van der Waals surface area contributed by atoms with Crippen molar-refractivity contribution < 1.29 is 0 Å². The molecule has 0 radical (unpaired) electrons. The fraction of sp³-hybridized carbons (Fsp3) is 0.222. The number of fused-ring (bicyclic) bond motifs is 1. The zero-order valence-electron chi connectivity index (χ0n) is 12.8. The third-order valence-electron chi connectivity index (χ3n) is 4.03. The summed E-state index contributed by atoms with van der Waals surface area (Å²) in [6, 6.07) is 9.26. The number of unbranched alkanes of at least 4 members (excludes halogenated alkanes) is 1. The molecule has 0 bridgehead atoms. The fourth-order valence-corrected chi connectivity index (χ4v) is 3.84. The van der Waals surface area contributed by atoms with Crippen LogP contribution in [0, 0.1) is 0 Å². The van der Waals surface area contributed by atoms with Gasteiger partial charge in [0.05, 0.1) is 26.3 Å². The summed E-state index contributed by atoms with van der Waals surface area (Å²) in [5, 5.41) is 3.24. The van der Waals surface area contributed by atoms with E-state index in [1.54, 1.807) is 12.1 Å². The van der Waals surface area contributed by atoms with Crippen LogP contribution in [0.5, 0.6) is 0 Å². The maximum absolute atomic E-state index is 6.43. The number of H-pyrrole nitrogens is 1. The minimum atomic E-state index is 0.518. The van der Waals surface area contributed by atoms with Crippen molar-refractivity contribution in [3.8, 4) is 11.3 Å². The molecule has 0 spiro atoms. The molecule has 126 valence electrons. The van der Waals surface area contributed by atoms with Crippen molar-refractivity contribution in [1.82, 2.24) is 4.98 Å². The summed E-state index contributed by atoms with van der Waals surface area (Å²) in [5.74, 6) is 0. The van der Waals surface area contributed by atoms with Crippen LogP contribution in [0.25, 0.3) is 22.2 Å². The van der Waals surface area contributed by atoms with Crippen molar-refractivity contribution >= 4 is 57.3 Å². The fourth-order valence-electron chi connectivity index (χ4n) is 2.91. The Morgan fingerprint density at radius 2 is 1.75 bits per heavy atom.